The molecule has 0 bridgehead atoms. The lowest BCUT2D eigenvalue weighted by atomic mass is 10.2. The third kappa shape index (κ3) is 3.99. The molecule has 0 fully saturated rings. The highest BCUT2D eigenvalue weighted by molar-refractivity contribution is 5.50. The first-order chi connectivity index (χ1) is 8.04. The number of nitro groups is 1. The van der Waals surface area contributed by atoms with Crippen molar-refractivity contribution in [1.82, 2.24) is 0 Å². The minimum atomic E-state index is -0.636. The lowest BCUT2D eigenvalue weighted by Crippen LogP contribution is -2.20. The first kappa shape index (κ1) is 13.4. The molecule has 0 spiro atoms. The predicted octanol–water partition coefficient (Wildman–Crippen LogP) is 2.57. The Labute approximate surface area is 98.7 Å². The van der Waals surface area contributed by atoms with Crippen LogP contribution in [0.5, 0.6) is 0 Å². The zero-order valence-electron chi connectivity index (χ0n) is 9.77. The van der Waals surface area contributed by atoms with E-state index in [9.17, 15) is 14.5 Å². The van der Waals surface area contributed by atoms with E-state index in [1.807, 2.05) is 13.8 Å². The molecule has 0 aliphatic heterocycles. The Bertz CT molecular complexity index is 398. The van der Waals surface area contributed by atoms with Crippen molar-refractivity contribution in [1.29, 1.82) is 0 Å². The molecular formula is C11H15FN2O3. The highest BCUT2D eigenvalue weighted by Gasteiger charge is 2.11. The second-order valence-electron chi connectivity index (χ2n) is 3.57. The Balaban J connectivity index is 2.63. The van der Waals surface area contributed by atoms with E-state index in [0.717, 1.165) is 6.07 Å². The molecule has 94 valence electrons. The average molecular weight is 242 g/mol. The van der Waals surface area contributed by atoms with Crippen LogP contribution in [0.2, 0.25) is 0 Å². The summed E-state index contributed by atoms with van der Waals surface area (Å²) in [6, 6.07) is 3.51. The third-order valence-electron chi connectivity index (χ3n) is 2.19. The molecule has 5 nitrogen and oxygen atoms in total. The first-order valence-corrected chi connectivity index (χ1v) is 5.34. The van der Waals surface area contributed by atoms with Gasteiger partial charge in [0.15, 0.2) is 5.82 Å². The molecule has 0 aliphatic rings. The van der Waals surface area contributed by atoms with Crippen molar-refractivity contribution >= 4 is 11.4 Å². The van der Waals surface area contributed by atoms with Gasteiger partial charge in [-0.25, -0.2) is 4.39 Å². The molecule has 0 heterocycles. The Morgan fingerprint density at radius 3 is 2.82 bits per heavy atom. The van der Waals surface area contributed by atoms with E-state index in [2.05, 4.69) is 5.32 Å². The van der Waals surface area contributed by atoms with E-state index in [1.165, 1.54) is 12.1 Å². The molecular weight excluding hydrogens is 227 g/mol. The Morgan fingerprint density at radius 1 is 1.59 bits per heavy atom. The van der Waals surface area contributed by atoms with Gasteiger partial charge in [0.05, 0.1) is 22.8 Å². The van der Waals surface area contributed by atoms with Crippen LogP contribution in [-0.2, 0) is 4.74 Å². The molecule has 6 heteroatoms. The van der Waals surface area contributed by atoms with Crippen LogP contribution in [0.4, 0.5) is 15.8 Å². The molecule has 0 radical (unpaired) electrons. The van der Waals surface area contributed by atoms with Gasteiger partial charge in [-0.15, -0.1) is 0 Å². The van der Waals surface area contributed by atoms with Gasteiger partial charge < -0.3 is 10.1 Å². The SMILES string of the molecule is CCOC(C)CNc1ccc([N+](=O)[O-])cc1F. The number of nitro benzene ring substituents is 1. The van der Waals surface area contributed by atoms with E-state index in [0.29, 0.717) is 13.2 Å². The van der Waals surface area contributed by atoms with Gasteiger partial charge in [0.2, 0.25) is 0 Å². The third-order valence-corrected chi connectivity index (χ3v) is 2.19. The first-order valence-electron chi connectivity index (χ1n) is 5.34. The van der Waals surface area contributed by atoms with Gasteiger partial charge in [-0.05, 0) is 19.9 Å². The smallest absolute Gasteiger partial charge is 0.272 e. The predicted molar refractivity (Wildman–Crippen MR) is 62.6 cm³/mol. The van der Waals surface area contributed by atoms with Crippen LogP contribution in [0, 0.1) is 15.9 Å². The van der Waals surface area contributed by atoms with Crippen molar-refractivity contribution in [3.05, 3.63) is 34.1 Å². The standard InChI is InChI=1S/C11H15FN2O3/c1-3-17-8(2)7-13-11-5-4-9(14(15)16)6-10(11)12/h4-6,8,13H,3,7H2,1-2H3. The van der Waals surface area contributed by atoms with E-state index in [4.69, 9.17) is 4.74 Å². The van der Waals surface area contributed by atoms with Crippen molar-refractivity contribution in [3.8, 4) is 0 Å². The summed E-state index contributed by atoms with van der Waals surface area (Å²) >= 11 is 0. The number of benzene rings is 1. The minimum Gasteiger partial charge on any atom is -0.380 e. The number of hydrogen-bond acceptors (Lipinski definition) is 4. The van der Waals surface area contributed by atoms with Crippen LogP contribution in [0.1, 0.15) is 13.8 Å². The van der Waals surface area contributed by atoms with Crippen LogP contribution in [0.15, 0.2) is 18.2 Å². The number of non-ortho nitro benzene ring substituents is 1. The number of nitrogens with one attached hydrogen (secondary N) is 1. The van der Waals surface area contributed by atoms with Gasteiger partial charge in [-0.1, -0.05) is 0 Å². The van der Waals surface area contributed by atoms with Gasteiger partial charge in [-0.2, -0.15) is 0 Å². The van der Waals surface area contributed by atoms with Crippen LogP contribution in [-0.4, -0.2) is 24.2 Å². The van der Waals surface area contributed by atoms with E-state index in [-0.39, 0.29) is 17.5 Å². The maximum atomic E-state index is 13.4. The van der Waals surface area contributed by atoms with Gasteiger partial charge in [0.1, 0.15) is 0 Å². The second kappa shape index (κ2) is 6.15. The summed E-state index contributed by atoms with van der Waals surface area (Å²) in [5.41, 5.74) is -0.0203. The van der Waals surface area contributed by atoms with Gasteiger partial charge in [0.25, 0.3) is 5.69 Å². The summed E-state index contributed by atoms with van der Waals surface area (Å²) < 4.78 is 18.7. The summed E-state index contributed by atoms with van der Waals surface area (Å²) in [4.78, 5) is 9.78. The minimum absolute atomic E-state index is 0.0467. The lowest BCUT2D eigenvalue weighted by Gasteiger charge is -2.13. The van der Waals surface area contributed by atoms with Gasteiger partial charge in [0, 0.05) is 19.2 Å². The number of ether oxygens (including phenoxy) is 1. The number of rotatable bonds is 6. The van der Waals surface area contributed by atoms with Crippen LogP contribution < -0.4 is 5.32 Å². The summed E-state index contributed by atoms with van der Waals surface area (Å²) in [5.74, 6) is -0.636. The van der Waals surface area contributed by atoms with E-state index in [1.54, 1.807) is 0 Å². The van der Waals surface area contributed by atoms with Crippen molar-refractivity contribution in [2.75, 3.05) is 18.5 Å². The topological polar surface area (TPSA) is 64.4 Å². The molecule has 1 N–H and O–H groups in total. The molecule has 1 unspecified atom stereocenters. The van der Waals surface area contributed by atoms with Crippen LogP contribution in [0.25, 0.3) is 0 Å². The number of anilines is 1. The van der Waals surface area contributed by atoms with E-state index < -0.39 is 10.7 Å². The maximum absolute atomic E-state index is 13.4. The van der Waals surface area contributed by atoms with Gasteiger partial charge >= 0.3 is 0 Å². The molecule has 1 rings (SSSR count). The normalized spacial score (nSPS) is 12.2. The molecule has 17 heavy (non-hydrogen) atoms. The number of hydrogen-bond donors (Lipinski definition) is 1. The highest BCUT2D eigenvalue weighted by Crippen LogP contribution is 2.20. The molecule has 1 aromatic rings. The van der Waals surface area contributed by atoms with Crippen molar-refractivity contribution in [2.24, 2.45) is 0 Å². The molecule has 0 saturated carbocycles. The Kier molecular flexibility index (Phi) is 4.84. The van der Waals surface area contributed by atoms with Crippen molar-refractivity contribution in [2.45, 2.75) is 20.0 Å². The molecule has 0 aromatic heterocycles. The second-order valence-corrected chi connectivity index (χ2v) is 3.57. The Hall–Kier alpha value is -1.69. The molecule has 0 amide bonds. The summed E-state index contributed by atoms with van der Waals surface area (Å²) in [6.07, 6.45) is -0.0467. The zero-order valence-corrected chi connectivity index (χ0v) is 9.77. The average Bonchev–Trinajstić information content (AvgIpc) is 2.27. The van der Waals surface area contributed by atoms with E-state index >= 15 is 0 Å². The number of nitrogens with zero attached hydrogens (tertiary/aromatic N) is 1. The fraction of sp³-hybridized carbons (Fsp3) is 0.455. The van der Waals surface area contributed by atoms with Gasteiger partial charge in [-0.3, -0.25) is 10.1 Å². The Morgan fingerprint density at radius 2 is 2.29 bits per heavy atom. The van der Waals surface area contributed by atoms with Crippen LogP contribution in [0.3, 0.4) is 0 Å². The molecule has 0 saturated heterocycles. The fourth-order valence-corrected chi connectivity index (χ4v) is 1.36. The maximum Gasteiger partial charge on any atom is 0.272 e. The summed E-state index contributed by atoms with van der Waals surface area (Å²) in [6.45, 7) is 4.77. The van der Waals surface area contributed by atoms with Crippen molar-refractivity contribution < 1.29 is 14.1 Å². The molecule has 1 aromatic carbocycles. The lowest BCUT2D eigenvalue weighted by molar-refractivity contribution is -0.385. The summed E-state index contributed by atoms with van der Waals surface area (Å²) in [5, 5.41) is 13.3. The van der Waals surface area contributed by atoms with Crippen molar-refractivity contribution in [3.63, 3.8) is 0 Å². The monoisotopic (exact) mass is 242 g/mol. The molecule has 0 aliphatic carbocycles. The zero-order chi connectivity index (χ0) is 12.8. The quantitative estimate of drug-likeness (QED) is 0.615. The fourth-order valence-electron chi connectivity index (χ4n) is 1.36. The molecule has 1 atom stereocenters. The largest absolute Gasteiger partial charge is 0.380 e. The number of halogens is 1. The highest BCUT2D eigenvalue weighted by atomic mass is 19.1. The summed E-state index contributed by atoms with van der Waals surface area (Å²) in [7, 11) is 0. The van der Waals surface area contributed by atoms with Crippen LogP contribution >= 0.6 is 0 Å².